The van der Waals surface area contributed by atoms with Crippen LogP contribution in [0.25, 0.3) is 0 Å². The Morgan fingerprint density at radius 1 is 1.39 bits per heavy atom. The molecule has 0 aliphatic heterocycles. The number of rotatable bonds is 7. The van der Waals surface area contributed by atoms with Crippen LogP contribution in [0.3, 0.4) is 0 Å². The largest absolute Gasteiger partial charge is 0.314 e. The third-order valence-corrected chi connectivity index (χ3v) is 4.89. The van der Waals surface area contributed by atoms with Crippen LogP contribution in [0, 0.1) is 5.92 Å². The predicted octanol–water partition coefficient (Wildman–Crippen LogP) is 3.35. The fourth-order valence-corrected chi connectivity index (χ4v) is 3.79. The van der Waals surface area contributed by atoms with Crippen LogP contribution in [0.2, 0.25) is 0 Å². The predicted molar refractivity (Wildman–Crippen MR) is 80.1 cm³/mol. The van der Waals surface area contributed by atoms with Crippen LogP contribution in [0.4, 0.5) is 0 Å². The average Bonchev–Trinajstić information content (AvgIpc) is 3.01. The number of nitrogens with zero attached hydrogens (tertiary/aromatic N) is 1. The first-order chi connectivity index (χ1) is 8.83. The molecule has 3 heteroatoms. The van der Waals surface area contributed by atoms with Crippen molar-refractivity contribution in [3.05, 3.63) is 22.4 Å². The molecule has 1 aromatic rings. The molecular formula is C15H26N2S. The first-order valence-electron chi connectivity index (χ1n) is 7.31. The first-order valence-corrected chi connectivity index (χ1v) is 8.19. The molecule has 1 saturated carbocycles. The second-order valence-corrected chi connectivity index (χ2v) is 6.29. The second-order valence-electron chi connectivity index (χ2n) is 5.26. The van der Waals surface area contributed by atoms with E-state index in [9.17, 15) is 0 Å². The molecule has 1 heterocycles. The van der Waals surface area contributed by atoms with Crippen LogP contribution in [0.15, 0.2) is 17.5 Å². The van der Waals surface area contributed by atoms with E-state index in [1.165, 1.54) is 30.7 Å². The summed E-state index contributed by atoms with van der Waals surface area (Å²) >= 11 is 1.88. The smallest absolute Gasteiger partial charge is 0.0327 e. The van der Waals surface area contributed by atoms with Crippen LogP contribution in [-0.4, -0.2) is 30.6 Å². The lowest BCUT2D eigenvalue weighted by Crippen LogP contribution is -2.39. The van der Waals surface area contributed by atoms with E-state index in [0.29, 0.717) is 0 Å². The van der Waals surface area contributed by atoms with Crippen molar-refractivity contribution in [3.8, 4) is 0 Å². The zero-order valence-electron chi connectivity index (χ0n) is 11.7. The fraction of sp³-hybridized carbons (Fsp3) is 0.733. The fourth-order valence-electron chi connectivity index (χ4n) is 3.05. The minimum Gasteiger partial charge on any atom is -0.314 e. The molecule has 2 nitrogen and oxygen atoms in total. The summed E-state index contributed by atoms with van der Waals surface area (Å²) in [5, 5.41) is 5.84. The topological polar surface area (TPSA) is 15.3 Å². The highest BCUT2D eigenvalue weighted by Gasteiger charge is 2.27. The molecule has 2 atom stereocenters. The van der Waals surface area contributed by atoms with Gasteiger partial charge in [0.15, 0.2) is 0 Å². The molecule has 1 aliphatic rings. The Morgan fingerprint density at radius 3 is 2.94 bits per heavy atom. The summed E-state index contributed by atoms with van der Waals surface area (Å²) in [4.78, 5) is 4.10. The summed E-state index contributed by atoms with van der Waals surface area (Å²) in [6.07, 6.45) is 4.17. The number of hydrogen-bond donors (Lipinski definition) is 1. The lowest BCUT2D eigenvalue weighted by molar-refractivity contribution is 0.217. The maximum atomic E-state index is 3.66. The Labute approximate surface area is 115 Å². The molecule has 0 aromatic carbocycles. The molecule has 2 unspecified atom stereocenters. The molecule has 0 spiro atoms. The average molecular weight is 266 g/mol. The second kappa shape index (κ2) is 7.27. The molecule has 0 bridgehead atoms. The SMILES string of the molecule is CCNC1CCCC1CN(CC)Cc1cccs1. The van der Waals surface area contributed by atoms with Crippen LogP contribution >= 0.6 is 11.3 Å². The van der Waals surface area contributed by atoms with Gasteiger partial charge in [0.2, 0.25) is 0 Å². The molecule has 2 rings (SSSR count). The van der Waals surface area contributed by atoms with E-state index < -0.39 is 0 Å². The van der Waals surface area contributed by atoms with Gasteiger partial charge in [0, 0.05) is 24.0 Å². The van der Waals surface area contributed by atoms with Crippen molar-refractivity contribution < 1.29 is 0 Å². The van der Waals surface area contributed by atoms with Gasteiger partial charge in [-0.05, 0) is 43.3 Å². The Bertz CT molecular complexity index is 323. The van der Waals surface area contributed by atoms with Crippen molar-refractivity contribution >= 4 is 11.3 Å². The molecule has 18 heavy (non-hydrogen) atoms. The van der Waals surface area contributed by atoms with Gasteiger partial charge in [-0.3, -0.25) is 4.90 Å². The maximum absolute atomic E-state index is 3.66. The molecule has 1 N–H and O–H groups in total. The highest BCUT2D eigenvalue weighted by molar-refractivity contribution is 7.09. The van der Waals surface area contributed by atoms with Crippen molar-refractivity contribution in [2.24, 2.45) is 5.92 Å². The number of nitrogens with one attached hydrogen (secondary N) is 1. The normalized spacial score (nSPS) is 23.9. The van der Waals surface area contributed by atoms with Gasteiger partial charge in [-0.2, -0.15) is 0 Å². The molecule has 1 aliphatic carbocycles. The van der Waals surface area contributed by atoms with Gasteiger partial charge >= 0.3 is 0 Å². The Hall–Kier alpha value is -0.380. The molecule has 0 amide bonds. The Kier molecular flexibility index (Phi) is 5.67. The van der Waals surface area contributed by atoms with E-state index in [1.54, 1.807) is 0 Å². The van der Waals surface area contributed by atoms with E-state index in [-0.39, 0.29) is 0 Å². The van der Waals surface area contributed by atoms with E-state index in [1.807, 2.05) is 11.3 Å². The first kappa shape index (κ1) is 14.0. The molecule has 102 valence electrons. The summed E-state index contributed by atoms with van der Waals surface area (Å²) in [5.74, 6) is 0.852. The molecule has 0 saturated heterocycles. The van der Waals surface area contributed by atoms with Crippen molar-refractivity contribution in [2.75, 3.05) is 19.6 Å². The van der Waals surface area contributed by atoms with Crippen molar-refractivity contribution in [1.82, 2.24) is 10.2 Å². The van der Waals surface area contributed by atoms with Gasteiger partial charge in [-0.25, -0.2) is 0 Å². The molecule has 0 radical (unpaired) electrons. The van der Waals surface area contributed by atoms with Gasteiger partial charge < -0.3 is 5.32 Å². The zero-order valence-corrected chi connectivity index (χ0v) is 12.5. The minimum atomic E-state index is 0.757. The molecule has 1 aromatic heterocycles. The number of thiophene rings is 1. The minimum absolute atomic E-state index is 0.757. The molecule has 1 fully saturated rings. The lowest BCUT2D eigenvalue weighted by atomic mass is 10.0. The quantitative estimate of drug-likeness (QED) is 0.814. The van der Waals surface area contributed by atoms with Crippen LogP contribution in [-0.2, 0) is 6.54 Å². The van der Waals surface area contributed by atoms with E-state index in [0.717, 1.165) is 31.6 Å². The van der Waals surface area contributed by atoms with Crippen LogP contribution < -0.4 is 5.32 Å². The van der Waals surface area contributed by atoms with Gasteiger partial charge in [0.05, 0.1) is 0 Å². The van der Waals surface area contributed by atoms with Crippen molar-refractivity contribution in [1.29, 1.82) is 0 Å². The molecular weight excluding hydrogens is 240 g/mol. The van der Waals surface area contributed by atoms with Gasteiger partial charge in [-0.1, -0.05) is 26.3 Å². The Balaban J connectivity index is 1.85. The van der Waals surface area contributed by atoms with E-state index in [4.69, 9.17) is 0 Å². The highest BCUT2D eigenvalue weighted by Crippen LogP contribution is 2.27. The van der Waals surface area contributed by atoms with Crippen LogP contribution in [0.1, 0.15) is 38.0 Å². The summed E-state index contributed by atoms with van der Waals surface area (Å²) < 4.78 is 0. The summed E-state index contributed by atoms with van der Waals surface area (Å²) in [6, 6.07) is 5.17. The van der Waals surface area contributed by atoms with Crippen LogP contribution in [0.5, 0.6) is 0 Å². The monoisotopic (exact) mass is 266 g/mol. The third-order valence-electron chi connectivity index (χ3n) is 4.02. The van der Waals surface area contributed by atoms with E-state index >= 15 is 0 Å². The number of hydrogen-bond acceptors (Lipinski definition) is 3. The summed E-state index contributed by atoms with van der Waals surface area (Å²) in [5.41, 5.74) is 0. The van der Waals surface area contributed by atoms with Gasteiger partial charge in [-0.15, -0.1) is 11.3 Å². The summed E-state index contributed by atoms with van der Waals surface area (Å²) in [7, 11) is 0. The zero-order chi connectivity index (χ0) is 12.8. The van der Waals surface area contributed by atoms with Gasteiger partial charge in [0.1, 0.15) is 0 Å². The van der Waals surface area contributed by atoms with E-state index in [2.05, 4.69) is 41.6 Å². The standard InChI is InChI=1S/C15H26N2S/c1-3-16-15-9-5-7-13(15)11-17(4-2)12-14-8-6-10-18-14/h6,8,10,13,15-16H,3-5,7,9,11-12H2,1-2H3. The Morgan fingerprint density at radius 2 is 2.28 bits per heavy atom. The maximum Gasteiger partial charge on any atom is 0.0327 e. The highest BCUT2D eigenvalue weighted by atomic mass is 32.1. The van der Waals surface area contributed by atoms with Gasteiger partial charge in [0.25, 0.3) is 0 Å². The van der Waals surface area contributed by atoms with Crippen molar-refractivity contribution in [3.63, 3.8) is 0 Å². The van der Waals surface area contributed by atoms with Crippen molar-refractivity contribution in [2.45, 2.75) is 45.7 Å². The third kappa shape index (κ3) is 3.81. The lowest BCUT2D eigenvalue weighted by Gasteiger charge is -2.27. The summed E-state index contributed by atoms with van der Waals surface area (Å²) in [6.45, 7) is 9.16.